The van der Waals surface area contributed by atoms with E-state index in [1.165, 1.54) is 18.2 Å². The van der Waals surface area contributed by atoms with Crippen molar-refractivity contribution in [1.82, 2.24) is 0 Å². The van der Waals surface area contributed by atoms with E-state index in [2.05, 4.69) is 0 Å². The largest absolute Gasteiger partial charge is 0.457 e. The van der Waals surface area contributed by atoms with Crippen molar-refractivity contribution in [3.63, 3.8) is 0 Å². The molecule has 2 rings (SSSR count). The molecule has 6 heteroatoms. The van der Waals surface area contributed by atoms with E-state index in [9.17, 15) is 19.7 Å². The van der Waals surface area contributed by atoms with E-state index in [0.717, 1.165) is 16.7 Å². The van der Waals surface area contributed by atoms with E-state index in [-0.39, 0.29) is 17.7 Å². The molecular weight excluding hydrogens is 322 g/mol. The summed E-state index contributed by atoms with van der Waals surface area (Å²) in [6.07, 6.45) is 0.0719. The Hall–Kier alpha value is -3.02. The number of ether oxygens (including phenoxy) is 1. The standard InChI is InChI=1S/C19H19NO5/c1-12-4-6-15(8-14(12)3)9-19(22)25-11-18(21)16-7-5-13(2)17(10-16)20(23)24/h4-8,10H,9,11H2,1-3H3. The number of hydrogen-bond acceptors (Lipinski definition) is 5. The molecule has 0 spiro atoms. The van der Waals surface area contributed by atoms with Gasteiger partial charge in [-0.1, -0.05) is 30.3 Å². The maximum atomic E-state index is 12.1. The first kappa shape index (κ1) is 18.3. The summed E-state index contributed by atoms with van der Waals surface area (Å²) in [7, 11) is 0. The third-order valence-electron chi connectivity index (χ3n) is 4.01. The van der Waals surface area contributed by atoms with Crippen molar-refractivity contribution in [2.45, 2.75) is 27.2 Å². The van der Waals surface area contributed by atoms with Crippen molar-refractivity contribution in [3.05, 3.63) is 74.3 Å². The number of benzene rings is 2. The van der Waals surface area contributed by atoms with Gasteiger partial charge in [0.15, 0.2) is 6.61 Å². The summed E-state index contributed by atoms with van der Waals surface area (Å²) in [4.78, 5) is 34.4. The normalized spacial score (nSPS) is 10.4. The second-order valence-corrected chi connectivity index (χ2v) is 5.94. The van der Waals surface area contributed by atoms with Gasteiger partial charge in [-0.3, -0.25) is 19.7 Å². The van der Waals surface area contributed by atoms with Crippen LogP contribution in [0.3, 0.4) is 0 Å². The summed E-state index contributed by atoms with van der Waals surface area (Å²) in [5.41, 5.74) is 3.50. The molecule has 0 bridgehead atoms. The quantitative estimate of drug-likeness (QED) is 0.347. The van der Waals surface area contributed by atoms with Gasteiger partial charge in [-0.15, -0.1) is 0 Å². The first-order valence-electron chi connectivity index (χ1n) is 7.78. The minimum Gasteiger partial charge on any atom is -0.457 e. The molecule has 0 fully saturated rings. The van der Waals surface area contributed by atoms with Crippen molar-refractivity contribution in [3.8, 4) is 0 Å². The third kappa shape index (κ3) is 4.73. The summed E-state index contributed by atoms with van der Waals surface area (Å²) >= 11 is 0. The molecule has 0 aliphatic rings. The minimum absolute atomic E-state index is 0.0719. The molecule has 2 aromatic carbocycles. The van der Waals surface area contributed by atoms with Crippen molar-refractivity contribution >= 4 is 17.4 Å². The molecule has 0 heterocycles. The number of nitro benzene ring substituents is 1. The van der Waals surface area contributed by atoms with Crippen LogP contribution in [0.25, 0.3) is 0 Å². The van der Waals surface area contributed by atoms with Crippen LogP contribution in [0, 0.1) is 30.9 Å². The Labute approximate surface area is 145 Å². The van der Waals surface area contributed by atoms with E-state index in [1.54, 1.807) is 6.92 Å². The summed E-state index contributed by atoms with van der Waals surface area (Å²) in [6, 6.07) is 9.87. The number of aryl methyl sites for hydroxylation is 3. The van der Waals surface area contributed by atoms with Crippen molar-refractivity contribution in [2.24, 2.45) is 0 Å². The fourth-order valence-electron chi connectivity index (χ4n) is 2.34. The van der Waals surface area contributed by atoms with Crippen molar-refractivity contribution < 1.29 is 19.2 Å². The molecule has 0 aliphatic heterocycles. The molecule has 0 aliphatic carbocycles. The van der Waals surface area contributed by atoms with Crippen LogP contribution in [0.4, 0.5) is 5.69 Å². The molecule has 0 atom stereocenters. The minimum atomic E-state index is -0.544. The van der Waals surface area contributed by atoms with E-state index in [1.807, 2.05) is 32.0 Å². The first-order chi connectivity index (χ1) is 11.8. The molecule has 0 radical (unpaired) electrons. The van der Waals surface area contributed by atoms with Crippen LogP contribution < -0.4 is 0 Å². The fourth-order valence-corrected chi connectivity index (χ4v) is 2.34. The number of carbonyl (C=O) groups is 2. The van der Waals surface area contributed by atoms with Gasteiger partial charge in [-0.2, -0.15) is 0 Å². The highest BCUT2D eigenvalue weighted by Crippen LogP contribution is 2.19. The summed E-state index contributed by atoms with van der Waals surface area (Å²) in [5, 5.41) is 10.9. The molecule has 2 aromatic rings. The van der Waals surface area contributed by atoms with E-state index < -0.39 is 23.3 Å². The summed E-state index contributed by atoms with van der Waals surface area (Å²) < 4.78 is 5.00. The van der Waals surface area contributed by atoms with E-state index >= 15 is 0 Å². The van der Waals surface area contributed by atoms with Crippen molar-refractivity contribution in [2.75, 3.05) is 6.61 Å². The Morgan fingerprint density at radius 3 is 2.32 bits per heavy atom. The lowest BCUT2D eigenvalue weighted by Gasteiger charge is -2.07. The van der Waals surface area contributed by atoms with Crippen LogP contribution in [0.1, 0.15) is 32.6 Å². The zero-order chi connectivity index (χ0) is 18.6. The number of nitrogens with zero attached hydrogens (tertiary/aromatic N) is 1. The van der Waals surface area contributed by atoms with Crippen LogP contribution >= 0.6 is 0 Å². The average molecular weight is 341 g/mol. The van der Waals surface area contributed by atoms with Gasteiger partial charge < -0.3 is 4.74 Å². The Bertz CT molecular complexity index is 842. The number of carbonyl (C=O) groups excluding carboxylic acids is 2. The zero-order valence-electron chi connectivity index (χ0n) is 14.4. The number of hydrogen-bond donors (Lipinski definition) is 0. The van der Waals surface area contributed by atoms with E-state index in [0.29, 0.717) is 5.56 Å². The predicted molar refractivity (Wildman–Crippen MR) is 92.7 cm³/mol. The molecule has 6 nitrogen and oxygen atoms in total. The van der Waals surface area contributed by atoms with Gasteiger partial charge in [-0.05, 0) is 37.5 Å². The van der Waals surface area contributed by atoms with Gasteiger partial charge in [0.25, 0.3) is 5.69 Å². The Morgan fingerprint density at radius 1 is 1.00 bits per heavy atom. The van der Waals surface area contributed by atoms with E-state index in [4.69, 9.17) is 4.74 Å². The molecule has 0 N–H and O–H groups in total. The third-order valence-corrected chi connectivity index (χ3v) is 4.01. The monoisotopic (exact) mass is 341 g/mol. The molecule has 0 aromatic heterocycles. The van der Waals surface area contributed by atoms with Gasteiger partial charge in [0.05, 0.1) is 11.3 Å². The maximum Gasteiger partial charge on any atom is 0.310 e. The zero-order valence-corrected chi connectivity index (χ0v) is 14.4. The Balaban J connectivity index is 1.97. The molecule has 0 amide bonds. The second kappa shape index (κ2) is 7.70. The molecule has 0 unspecified atom stereocenters. The highest BCUT2D eigenvalue weighted by molar-refractivity contribution is 5.98. The van der Waals surface area contributed by atoms with Crippen LogP contribution in [-0.4, -0.2) is 23.3 Å². The van der Waals surface area contributed by atoms with Gasteiger partial charge in [0, 0.05) is 17.2 Å². The number of nitro groups is 1. The van der Waals surface area contributed by atoms with Gasteiger partial charge >= 0.3 is 5.97 Å². The highest BCUT2D eigenvalue weighted by Gasteiger charge is 2.16. The molecule has 25 heavy (non-hydrogen) atoms. The fraction of sp³-hybridized carbons (Fsp3) is 0.263. The number of ketones is 1. The Morgan fingerprint density at radius 2 is 1.68 bits per heavy atom. The smallest absolute Gasteiger partial charge is 0.310 e. The lowest BCUT2D eigenvalue weighted by molar-refractivity contribution is -0.385. The van der Waals surface area contributed by atoms with Crippen LogP contribution in [0.2, 0.25) is 0 Å². The van der Waals surface area contributed by atoms with Gasteiger partial charge in [0.2, 0.25) is 5.78 Å². The highest BCUT2D eigenvalue weighted by atomic mass is 16.6. The number of esters is 1. The number of Topliss-reactive ketones (excluding diaryl/α,β-unsaturated/α-hetero) is 1. The molecule has 0 saturated carbocycles. The first-order valence-corrected chi connectivity index (χ1v) is 7.78. The maximum absolute atomic E-state index is 12.1. The molecule has 0 saturated heterocycles. The lowest BCUT2D eigenvalue weighted by atomic mass is 10.0. The second-order valence-electron chi connectivity index (χ2n) is 5.94. The SMILES string of the molecule is Cc1ccc(CC(=O)OCC(=O)c2ccc(C)c([N+](=O)[O-])c2)cc1C. The summed E-state index contributed by atoms with van der Waals surface area (Å²) in [5.74, 6) is -0.991. The van der Waals surface area contributed by atoms with Crippen LogP contribution in [0.15, 0.2) is 36.4 Å². The molecule has 130 valence electrons. The molecular formula is C19H19NO5. The van der Waals surface area contributed by atoms with Gasteiger partial charge in [-0.25, -0.2) is 0 Å². The predicted octanol–water partition coefficient (Wildman–Crippen LogP) is 3.49. The lowest BCUT2D eigenvalue weighted by Crippen LogP contribution is -2.16. The Kier molecular flexibility index (Phi) is 5.64. The average Bonchev–Trinajstić information content (AvgIpc) is 2.56. The van der Waals surface area contributed by atoms with Crippen LogP contribution in [-0.2, 0) is 16.0 Å². The van der Waals surface area contributed by atoms with Gasteiger partial charge in [0.1, 0.15) is 0 Å². The summed E-state index contributed by atoms with van der Waals surface area (Å²) in [6.45, 7) is 5.09. The van der Waals surface area contributed by atoms with Crippen molar-refractivity contribution in [1.29, 1.82) is 0 Å². The van der Waals surface area contributed by atoms with Crippen LogP contribution in [0.5, 0.6) is 0 Å². The topological polar surface area (TPSA) is 86.5 Å². The number of rotatable bonds is 6.